The summed E-state index contributed by atoms with van der Waals surface area (Å²) in [7, 11) is -3.51. The highest BCUT2D eigenvalue weighted by Crippen LogP contribution is 2.38. The van der Waals surface area contributed by atoms with E-state index in [1.165, 1.54) is 0 Å². The molecule has 1 amide bonds. The number of nitrogens with zero attached hydrogens (tertiary/aromatic N) is 1. The fraction of sp³-hybridized carbons (Fsp3) is 0.0952. The molecule has 0 fully saturated rings. The van der Waals surface area contributed by atoms with Crippen LogP contribution in [0.5, 0.6) is 5.75 Å². The fourth-order valence-electron chi connectivity index (χ4n) is 3.38. The number of hydrogen-bond donors (Lipinski definition) is 2. The standard InChI is InChI=1S/C21H15ClF2N2O4S/c1-26-18-8-14(16(23)9-17(18)24)13-5-3-2-4-11(13)10-25-21(28)12-6-15(22)20(27)19(7-12)31(26,29)30/h2-9,27H,10H2,1H3,(H,25,28). The summed E-state index contributed by atoms with van der Waals surface area (Å²) >= 11 is 5.96. The number of phenolic OH excluding ortho intramolecular Hbond substituents is 1. The number of anilines is 1. The summed E-state index contributed by atoms with van der Waals surface area (Å²) < 4.78 is 56.3. The second kappa shape index (κ2) is 7.51. The zero-order chi connectivity index (χ0) is 22.5. The van der Waals surface area contributed by atoms with Gasteiger partial charge in [0.15, 0.2) is 5.75 Å². The van der Waals surface area contributed by atoms with Crippen LogP contribution in [-0.4, -0.2) is 26.5 Å². The highest BCUT2D eigenvalue weighted by atomic mass is 35.5. The van der Waals surface area contributed by atoms with E-state index in [1.54, 1.807) is 24.3 Å². The number of fused-ring (bicyclic) bond motifs is 6. The van der Waals surface area contributed by atoms with E-state index >= 15 is 0 Å². The van der Waals surface area contributed by atoms with Crippen LogP contribution >= 0.6 is 11.6 Å². The molecule has 3 aromatic carbocycles. The Kier molecular flexibility index (Phi) is 5.10. The van der Waals surface area contributed by atoms with Crippen LogP contribution in [0.1, 0.15) is 15.9 Å². The third-order valence-corrected chi connectivity index (χ3v) is 7.12. The minimum atomic E-state index is -4.57. The maximum absolute atomic E-state index is 14.7. The Morgan fingerprint density at radius 3 is 2.52 bits per heavy atom. The molecule has 0 unspecified atom stereocenters. The van der Waals surface area contributed by atoms with Gasteiger partial charge in [-0.25, -0.2) is 17.2 Å². The minimum absolute atomic E-state index is 0.0163. The Morgan fingerprint density at radius 2 is 1.77 bits per heavy atom. The van der Waals surface area contributed by atoms with Gasteiger partial charge in [-0.3, -0.25) is 9.10 Å². The zero-order valence-corrected chi connectivity index (χ0v) is 17.6. The van der Waals surface area contributed by atoms with E-state index < -0.39 is 43.9 Å². The van der Waals surface area contributed by atoms with Crippen LogP contribution in [0.15, 0.2) is 53.4 Å². The summed E-state index contributed by atoms with van der Waals surface area (Å²) in [6.07, 6.45) is 0. The third kappa shape index (κ3) is 3.49. The predicted octanol–water partition coefficient (Wildman–Crippen LogP) is 4.06. The van der Waals surface area contributed by atoms with Gasteiger partial charge < -0.3 is 10.4 Å². The van der Waals surface area contributed by atoms with E-state index in [1.807, 2.05) is 0 Å². The molecule has 0 spiro atoms. The number of benzene rings is 3. The molecular formula is C21H15ClF2N2O4S. The molecule has 1 aliphatic heterocycles. The second-order valence-electron chi connectivity index (χ2n) is 6.90. The maximum atomic E-state index is 14.7. The molecular weight excluding hydrogens is 450 g/mol. The summed E-state index contributed by atoms with van der Waals surface area (Å²) in [5.74, 6) is -3.46. The zero-order valence-electron chi connectivity index (χ0n) is 16.0. The lowest BCUT2D eigenvalue weighted by molar-refractivity contribution is 0.0950. The Bertz CT molecular complexity index is 1350. The van der Waals surface area contributed by atoms with Gasteiger partial charge in [-0.1, -0.05) is 35.9 Å². The summed E-state index contributed by atoms with van der Waals surface area (Å²) in [5, 5.41) is 12.5. The summed E-state index contributed by atoms with van der Waals surface area (Å²) in [6.45, 7) is -0.0163. The topological polar surface area (TPSA) is 86.7 Å². The molecule has 1 heterocycles. The molecule has 4 rings (SSSR count). The molecule has 0 aliphatic carbocycles. The number of nitrogens with one attached hydrogen (secondary N) is 1. The van der Waals surface area contributed by atoms with Crippen LogP contribution in [0.3, 0.4) is 0 Å². The molecule has 0 atom stereocenters. The Hall–Kier alpha value is -3.17. The molecule has 3 aromatic rings. The molecule has 10 heteroatoms. The molecule has 0 saturated carbocycles. The lowest BCUT2D eigenvalue weighted by Gasteiger charge is -2.22. The van der Waals surface area contributed by atoms with Crippen molar-refractivity contribution in [1.29, 1.82) is 0 Å². The van der Waals surface area contributed by atoms with Crippen molar-refractivity contribution in [3.63, 3.8) is 0 Å². The first-order valence-electron chi connectivity index (χ1n) is 8.98. The van der Waals surface area contributed by atoms with Gasteiger partial charge in [0, 0.05) is 30.8 Å². The highest BCUT2D eigenvalue weighted by Gasteiger charge is 2.30. The fourth-order valence-corrected chi connectivity index (χ4v) is 4.98. The number of rotatable bonds is 0. The van der Waals surface area contributed by atoms with Crippen LogP contribution in [0.2, 0.25) is 5.02 Å². The second-order valence-corrected chi connectivity index (χ2v) is 9.25. The highest BCUT2D eigenvalue weighted by molar-refractivity contribution is 7.93. The molecule has 6 nitrogen and oxygen atoms in total. The van der Waals surface area contributed by atoms with Crippen molar-refractivity contribution in [2.45, 2.75) is 11.4 Å². The maximum Gasteiger partial charge on any atom is 0.267 e. The average Bonchev–Trinajstić information content (AvgIpc) is 2.73. The SMILES string of the molecule is CN1c2cc(c(F)cc2F)-c2ccccc2CNC(=O)c2cc(Cl)c(O)c(c2)S1(=O)=O. The summed E-state index contributed by atoms with van der Waals surface area (Å²) in [5.41, 5.74) is 0.286. The summed E-state index contributed by atoms with van der Waals surface area (Å²) in [6, 6.07) is 10.3. The minimum Gasteiger partial charge on any atom is -0.505 e. The van der Waals surface area contributed by atoms with Crippen molar-refractivity contribution in [2.75, 3.05) is 11.4 Å². The van der Waals surface area contributed by atoms with E-state index in [0.717, 1.165) is 25.2 Å². The van der Waals surface area contributed by atoms with Crippen LogP contribution in [0.25, 0.3) is 11.1 Å². The number of phenols is 1. The number of carbonyl (C=O) groups excluding carboxylic acids is 1. The van der Waals surface area contributed by atoms with E-state index in [4.69, 9.17) is 11.6 Å². The Labute approximate surface area is 181 Å². The first-order valence-corrected chi connectivity index (χ1v) is 10.8. The number of carbonyl (C=O) groups is 1. The molecule has 160 valence electrons. The van der Waals surface area contributed by atoms with Crippen molar-refractivity contribution >= 4 is 33.2 Å². The number of sulfonamides is 1. The molecule has 2 N–H and O–H groups in total. The molecule has 4 bridgehead atoms. The van der Waals surface area contributed by atoms with Crippen LogP contribution in [0.4, 0.5) is 14.5 Å². The Balaban J connectivity index is 2.07. The van der Waals surface area contributed by atoms with Gasteiger partial charge >= 0.3 is 0 Å². The van der Waals surface area contributed by atoms with E-state index in [-0.39, 0.29) is 22.7 Å². The third-order valence-electron chi connectivity index (χ3n) is 5.05. The van der Waals surface area contributed by atoms with Crippen LogP contribution < -0.4 is 9.62 Å². The van der Waals surface area contributed by atoms with Crippen molar-refractivity contribution in [3.8, 4) is 16.9 Å². The van der Waals surface area contributed by atoms with E-state index in [2.05, 4.69) is 5.32 Å². The van der Waals surface area contributed by atoms with Gasteiger partial charge in [-0.05, 0) is 29.3 Å². The van der Waals surface area contributed by atoms with Gasteiger partial charge in [0.2, 0.25) is 0 Å². The largest absolute Gasteiger partial charge is 0.505 e. The van der Waals surface area contributed by atoms with Gasteiger partial charge in [0.1, 0.15) is 16.5 Å². The summed E-state index contributed by atoms with van der Waals surface area (Å²) in [4.78, 5) is 12.0. The van der Waals surface area contributed by atoms with E-state index in [0.29, 0.717) is 21.5 Å². The lowest BCUT2D eigenvalue weighted by Crippen LogP contribution is -2.28. The lowest BCUT2D eigenvalue weighted by atomic mass is 9.98. The number of hydrogen-bond acceptors (Lipinski definition) is 4. The van der Waals surface area contributed by atoms with E-state index in [9.17, 15) is 27.1 Å². The molecule has 0 saturated heterocycles. The van der Waals surface area contributed by atoms with Gasteiger partial charge in [-0.15, -0.1) is 0 Å². The Morgan fingerprint density at radius 1 is 1.06 bits per heavy atom. The first kappa shape index (κ1) is 21.1. The van der Waals surface area contributed by atoms with Crippen molar-refractivity contribution in [1.82, 2.24) is 5.32 Å². The first-order chi connectivity index (χ1) is 14.6. The van der Waals surface area contributed by atoms with Crippen LogP contribution in [0, 0.1) is 11.6 Å². The monoisotopic (exact) mass is 464 g/mol. The quantitative estimate of drug-likeness (QED) is 0.525. The van der Waals surface area contributed by atoms with Crippen molar-refractivity contribution in [2.24, 2.45) is 0 Å². The molecule has 0 radical (unpaired) electrons. The van der Waals surface area contributed by atoms with Gasteiger partial charge in [0.05, 0.1) is 10.7 Å². The van der Waals surface area contributed by atoms with Crippen molar-refractivity contribution in [3.05, 3.63) is 76.3 Å². The number of amides is 1. The normalized spacial score (nSPS) is 15.2. The van der Waals surface area contributed by atoms with Crippen molar-refractivity contribution < 1.29 is 27.1 Å². The number of aromatic hydroxyl groups is 1. The molecule has 0 aromatic heterocycles. The molecule has 1 aliphatic rings. The average molecular weight is 465 g/mol. The van der Waals surface area contributed by atoms with Gasteiger partial charge in [-0.2, -0.15) is 0 Å². The number of halogens is 3. The predicted molar refractivity (Wildman–Crippen MR) is 112 cm³/mol. The molecule has 31 heavy (non-hydrogen) atoms. The van der Waals surface area contributed by atoms with Crippen LogP contribution in [-0.2, 0) is 16.6 Å². The van der Waals surface area contributed by atoms with Gasteiger partial charge in [0.25, 0.3) is 15.9 Å². The smallest absolute Gasteiger partial charge is 0.267 e.